The molecule has 0 aromatic carbocycles. The fourth-order valence-electron chi connectivity index (χ4n) is 1.73. The fourth-order valence-corrected chi connectivity index (χ4v) is 1.73. The summed E-state index contributed by atoms with van der Waals surface area (Å²) >= 11 is 0. The number of imide groups is 1. The van der Waals surface area contributed by atoms with E-state index in [1.54, 1.807) is 14.1 Å². The molecule has 9 heteroatoms. The molecular weight excluding hydrogens is 294 g/mol. The van der Waals surface area contributed by atoms with Crippen LogP contribution in [0.15, 0.2) is 0 Å². The lowest BCUT2D eigenvalue weighted by Gasteiger charge is -2.25. The Labute approximate surface area is 128 Å². The van der Waals surface area contributed by atoms with E-state index >= 15 is 0 Å². The molecule has 0 atom stereocenters. The van der Waals surface area contributed by atoms with Gasteiger partial charge in [0, 0.05) is 40.0 Å². The number of hydrogen-bond acceptors (Lipinski definition) is 7. The van der Waals surface area contributed by atoms with Crippen molar-refractivity contribution in [1.29, 1.82) is 0 Å². The highest BCUT2D eigenvalue weighted by atomic mass is 16.7. The third-order valence-electron chi connectivity index (χ3n) is 2.87. The number of ether oxygens (including phenoxy) is 1. The van der Waals surface area contributed by atoms with Crippen LogP contribution in [0.1, 0.15) is 12.8 Å². The second-order valence-corrected chi connectivity index (χ2v) is 5.00. The second-order valence-electron chi connectivity index (χ2n) is 5.00. The van der Waals surface area contributed by atoms with Crippen LogP contribution in [-0.4, -0.2) is 86.0 Å². The van der Waals surface area contributed by atoms with Crippen molar-refractivity contribution in [3.8, 4) is 0 Å². The molecular formula is C13H21N3O6. The number of carbonyl (C=O) groups excluding carboxylic acids is 4. The first kappa shape index (κ1) is 18.1. The van der Waals surface area contributed by atoms with Gasteiger partial charge in [-0.1, -0.05) is 0 Å². The van der Waals surface area contributed by atoms with E-state index in [1.165, 1.54) is 4.90 Å². The van der Waals surface area contributed by atoms with Gasteiger partial charge in [0.1, 0.15) is 0 Å². The molecule has 3 amide bonds. The van der Waals surface area contributed by atoms with Crippen LogP contribution in [-0.2, 0) is 28.8 Å². The van der Waals surface area contributed by atoms with Gasteiger partial charge in [0.25, 0.3) is 11.8 Å². The molecule has 2 heterocycles. The van der Waals surface area contributed by atoms with E-state index in [-0.39, 0.29) is 19.4 Å². The van der Waals surface area contributed by atoms with Crippen LogP contribution in [0.5, 0.6) is 0 Å². The summed E-state index contributed by atoms with van der Waals surface area (Å²) in [6.45, 7) is 2.53. The lowest BCUT2D eigenvalue weighted by atomic mass is 10.4. The van der Waals surface area contributed by atoms with E-state index in [0.717, 1.165) is 6.41 Å². The Bertz CT molecular complexity index is 404. The summed E-state index contributed by atoms with van der Waals surface area (Å²) in [5, 5.41) is 0.572. The molecule has 0 aliphatic carbocycles. The van der Waals surface area contributed by atoms with Gasteiger partial charge < -0.3 is 14.5 Å². The van der Waals surface area contributed by atoms with Gasteiger partial charge in [0.15, 0.2) is 0 Å². The third kappa shape index (κ3) is 6.19. The van der Waals surface area contributed by atoms with E-state index < -0.39 is 17.8 Å². The number of nitrogens with zero attached hydrogens (tertiary/aromatic N) is 3. The van der Waals surface area contributed by atoms with Crippen molar-refractivity contribution in [3.63, 3.8) is 0 Å². The first-order chi connectivity index (χ1) is 10.4. The lowest BCUT2D eigenvalue weighted by Crippen LogP contribution is -2.42. The van der Waals surface area contributed by atoms with Crippen LogP contribution >= 0.6 is 0 Å². The molecule has 124 valence electrons. The largest absolute Gasteiger partial charge is 0.379 e. The van der Waals surface area contributed by atoms with E-state index in [1.807, 2.05) is 4.90 Å². The molecule has 0 radical (unpaired) electrons. The molecule has 0 N–H and O–H groups in total. The molecule has 0 saturated carbocycles. The minimum Gasteiger partial charge on any atom is -0.379 e. The minimum absolute atomic E-state index is 0.0699. The van der Waals surface area contributed by atoms with Gasteiger partial charge in [-0.15, -0.1) is 5.06 Å². The Kier molecular flexibility index (Phi) is 7.47. The fraction of sp³-hybridized carbons (Fsp3) is 0.692. The van der Waals surface area contributed by atoms with Gasteiger partial charge in [-0.2, -0.15) is 0 Å². The highest BCUT2D eigenvalue weighted by Crippen LogP contribution is 2.12. The van der Waals surface area contributed by atoms with E-state index in [2.05, 4.69) is 0 Å². The normalized spacial score (nSPS) is 18.5. The molecule has 2 rings (SSSR count). The van der Waals surface area contributed by atoms with Gasteiger partial charge in [-0.25, -0.2) is 4.79 Å². The van der Waals surface area contributed by atoms with Crippen molar-refractivity contribution in [1.82, 2.24) is 14.9 Å². The van der Waals surface area contributed by atoms with Crippen molar-refractivity contribution in [2.45, 2.75) is 12.8 Å². The van der Waals surface area contributed by atoms with Gasteiger partial charge >= 0.3 is 5.97 Å². The number of rotatable bonds is 4. The highest BCUT2D eigenvalue weighted by molar-refractivity contribution is 6.01. The first-order valence-electron chi connectivity index (χ1n) is 6.92. The number of carbonyl (C=O) groups is 4. The second kappa shape index (κ2) is 9.11. The average Bonchev–Trinajstić information content (AvgIpc) is 2.80. The number of morpholine rings is 1. The quantitative estimate of drug-likeness (QED) is 0.466. The molecule has 2 saturated heterocycles. The van der Waals surface area contributed by atoms with Gasteiger partial charge in [0.2, 0.25) is 6.41 Å². The Balaban J connectivity index is 0.000000422. The molecule has 2 aliphatic heterocycles. The maximum atomic E-state index is 11.5. The molecule has 2 fully saturated rings. The number of amides is 3. The molecule has 0 aromatic heterocycles. The summed E-state index contributed by atoms with van der Waals surface area (Å²) < 4.78 is 5.14. The van der Waals surface area contributed by atoms with Crippen LogP contribution in [0.3, 0.4) is 0 Å². The maximum Gasteiger partial charge on any atom is 0.347 e. The van der Waals surface area contributed by atoms with E-state index in [0.29, 0.717) is 31.4 Å². The predicted octanol–water partition coefficient (Wildman–Crippen LogP) is -1.37. The van der Waals surface area contributed by atoms with Crippen LogP contribution in [0.25, 0.3) is 0 Å². The average molecular weight is 315 g/mol. The summed E-state index contributed by atoms with van der Waals surface area (Å²) in [6.07, 6.45) is 0.979. The summed E-state index contributed by atoms with van der Waals surface area (Å²) in [4.78, 5) is 51.4. The molecule has 0 spiro atoms. The van der Waals surface area contributed by atoms with Gasteiger partial charge in [0.05, 0.1) is 19.8 Å². The zero-order valence-corrected chi connectivity index (χ0v) is 12.8. The molecule has 22 heavy (non-hydrogen) atoms. The SMILES string of the molecule is CN(C)C=O.O=C(CN1CCOCC1)ON1C(=O)CCC1=O. The Morgan fingerprint density at radius 1 is 1.23 bits per heavy atom. The minimum atomic E-state index is -0.587. The highest BCUT2D eigenvalue weighted by Gasteiger charge is 2.33. The van der Waals surface area contributed by atoms with Crippen LogP contribution in [0.2, 0.25) is 0 Å². The van der Waals surface area contributed by atoms with Crippen molar-refractivity contribution < 1.29 is 28.8 Å². The van der Waals surface area contributed by atoms with Crippen molar-refractivity contribution in [2.75, 3.05) is 46.9 Å². The zero-order valence-electron chi connectivity index (χ0n) is 12.8. The molecule has 2 aliphatic rings. The first-order valence-corrected chi connectivity index (χ1v) is 6.92. The number of hydrogen-bond donors (Lipinski definition) is 0. The Morgan fingerprint density at radius 3 is 2.18 bits per heavy atom. The van der Waals surface area contributed by atoms with Crippen LogP contribution < -0.4 is 0 Å². The molecule has 9 nitrogen and oxygen atoms in total. The predicted molar refractivity (Wildman–Crippen MR) is 74.2 cm³/mol. The van der Waals surface area contributed by atoms with Gasteiger partial charge in [-0.05, 0) is 0 Å². The van der Waals surface area contributed by atoms with Crippen LogP contribution in [0.4, 0.5) is 0 Å². The summed E-state index contributed by atoms with van der Waals surface area (Å²) in [5.41, 5.74) is 0. The smallest absolute Gasteiger partial charge is 0.347 e. The summed E-state index contributed by atoms with van der Waals surface area (Å²) in [5.74, 6) is -1.49. The van der Waals surface area contributed by atoms with Crippen molar-refractivity contribution in [3.05, 3.63) is 0 Å². The Morgan fingerprint density at radius 2 is 1.73 bits per heavy atom. The van der Waals surface area contributed by atoms with Gasteiger partial charge in [-0.3, -0.25) is 19.3 Å². The summed E-state index contributed by atoms with van der Waals surface area (Å²) in [6, 6.07) is 0. The molecule has 0 unspecified atom stereocenters. The number of hydroxylamine groups is 2. The van der Waals surface area contributed by atoms with Crippen LogP contribution in [0, 0.1) is 0 Å². The molecule has 0 bridgehead atoms. The standard InChI is InChI=1S/C10H14N2O5.C3H7NO/c13-8-1-2-9(14)12(8)17-10(15)7-11-3-5-16-6-4-11;1-4(2)3-5/h1-7H2;3H,1-2H3. The van der Waals surface area contributed by atoms with E-state index in [9.17, 15) is 19.2 Å². The third-order valence-corrected chi connectivity index (χ3v) is 2.87. The monoisotopic (exact) mass is 315 g/mol. The van der Waals surface area contributed by atoms with E-state index in [4.69, 9.17) is 9.57 Å². The lowest BCUT2D eigenvalue weighted by molar-refractivity contribution is -0.198. The zero-order chi connectivity index (χ0) is 16.5. The molecule has 0 aromatic rings. The Hall–Kier alpha value is -2.00. The topological polar surface area (TPSA) is 96.5 Å². The summed E-state index contributed by atoms with van der Waals surface area (Å²) in [7, 11) is 3.38. The van der Waals surface area contributed by atoms with Crippen molar-refractivity contribution in [2.24, 2.45) is 0 Å². The maximum absolute atomic E-state index is 11.5. The van der Waals surface area contributed by atoms with Crippen molar-refractivity contribution >= 4 is 24.2 Å².